The van der Waals surface area contributed by atoms with Gasteiger partial charge in [0.1, 0.15) is 0 Å². The first-order valence-electron chi connectivity index (χ1n) is 3.76. The molecule has 2 unspecified atom stereocenters. The first-order chi connectivity index (χ1) is 4.74. The number of thiol groups is 1. The summed E-state index contributed by atoms with van der Waals surface area (Å²) in [5, 5.41) is 3.74. The van der Waals surface area contributed by atoms with Gasteiger partial charge in [0, 0.05) is 11.3 Å². The molecule has 0 fully saturated rings. The molecule has 0 aromatic rings. The summed E-state index contributed by atoms with van der Waals surface area (Å²) in [4.78, 5) is 0. The first-order valence-corrected chi connectivity index (χ1v) is 4.28. The molecular weight excluding hydrogens is 142 g/mol. The van der Waals surface area contributed by atoms with Crippen LogP contribution < -0.4 is 5.32 Å². The van der Waals surface area contributed by atoms with E-state index in [0.29, 0.717) is 11.3 Å². The van der Waals surface area contributed by atoms with Crippen LogP contribution in [0.3, 0.4) is 0 Å². The minimum atomic E-state index is 0.483. The second-order valence-corrected chi connectivity index (χ2v) is 3.60. The standard InChI is InChI=1S/C8H15NS/c1-6-3-4-8(10)7(5-6)9-2/h5,7-10H,3-4H2,1-2H3. The quantitative estimate of drug-likeness (QED) is 0.435. The maximum atomic E-state index is 4.47. The summed E-state index contributed by atoms with van der Waals surface area (Å²) >= 11 is 4.47. The smallest absolute Gasteiger partial charge is 0.0367 e. The molecule has 1 aliphatic carbocycles. The van der Waals surface area contributed by atoms with Crippen LogP contribution in [0.5, 0.6) is 0 Å². The molecule has 0 heterocycles. The third-order valence-electron chi connectivity index (χ3n) is 2.05. The van der Waals surface area contributed by atoms with Crippen molar-refractivity contribution in [3.05, 3.63) is 11.6 Å². The van der Waals surface area contributed by atoms with E-state index in [-0.39, 0.29) is 0 Å². The molecule has 1 aliphatic rings. The van der Waals surface area contributed by atoms with Crippen molar-refractivity contribution in [2.75, 3.05) is 7.05 Å². The molecule has 10 heavy (non-hydrogen) atoms. The fourth-order valence-corrected chi connectivity index (χ4v) is 1.70. The minimum absolute atomic E-state index is 0.483. The lowest BCUT2D eigenvalue weighted by atomic mass is 9.96. The van der Waals surface area contributed by atoms with E-state index in [1.807, 2.05) is 7.05 Å². The van der Waals surface area contributed by atoms with Crippen LogP contribution in [0.2, 0.25) is 0 Å². The van der Waals surface area contributed by atoms with E-state index in [0.717, 1.165) is 0 Å². The molecular formula is C8H15NS. The Morgan fingerprint density at radius 3 is 2.90 bits per heavy atom. The Morgan fingerprint density at radius 2 is 2.40 bits per heavy atom. The summed E-state index contributed by atoms with van der Waals surface area (Å²) < 4.78 is 0. The second kappa shape index (κ2) is 3.44. The fourth-order valence-electron chi connectivity index (χ4n) is 1.33. The van der Waals surface area contributed by atoms with Crippen LogP contribution in [0.4, 0.5) is 0 Å². The summed E-state index contributed by atoms with van der Waals surface area (Å²) in [5.74, 6) is 0. The van der Waals surface area contributed by atoms with Crippen molar-refractivity contribution in [2.45, 2.75) is 31.1 Å². The van der Waals surface area contributed by atoms with Gasteiger partial charge in [0.05, 0.1) is 0 Å². The predicted molar refractivity (Wildman–Crippen MR) is 48.6 cm³/mol. The molecule has 0 spiro atoms. The predicted octanol–water partition coefficient (Wildman–Crippen LogP) is 1.61. The molecule has 0 radical (unpaired) electrons. The highest BCUT2D eigenvalue weighted by Crippen LogP contribution is 2.21. The Labute approximate surface area is 68.3 Å². The first kappa shape index (κ1) is 8.15. The third kappa shape index (κ3) is 1.77. The van der Waals surface area contributed by atoms with Crippen LogP contribution in [-0.2, 0) is 0 Å². The van der Waals surface area contributed by atoms with E-state index in [1.54, 1.807) is 0 Å². The summed E-state index contributed by atoms with van der Waals surface area (Å²) in [5.41, 5.74) is 1.49. The van der Waals surface area contributed by atoms with Gasteiger partial charge in [0.25, 0.3) is 0 Å². The lowest BCUT2D eigenvalue weighted by Crippen LogP contribution is -2.34. The Balaban J connectivity index is 2.59. The zero-order chi connectivity index (χ0) is 7.56. The van der Waals surface area contributed by atoms with Gasteiger partial charge in [-0.3, -0.25) is 0 Å². The van der Waals surface area contributed by atoms with E-state index in [2.05, 4.69) is 30.9 Å². The van der Waals surface area contributed by atoms with Crippen molar-refractivity contribution in [3.8, 4) is 0 Å². The van der Waals surface area contributed by atoms with Crippen LogP contribution in [0.25, 0.3) is 0 Å². The molecule has 2 atom stereocenters. The highest BCUT2D eigenvalue weighted by atomic mass is 32.1. The zero-order valence-electron chi connectivity index (χ0n) is 6.59. The fraction of sp³-hybridized carbons (Fsp3) is 0.750. The average Bonchev–Trinajstić information content (AvgIpc) is 1.94. The number of likely N-dealkylation sites (N-methyl/N-ethyl adjacent to an activating group) is 1. The van der Waals surface area contributed by atoms with Crippen molar-refractivity contribution >= 4 is 12.6 Å². The van der Waals surface area contributed by atoms with E-state index in [9.17, 15) is 0 Å². The van der Waals surface area contributed by atoms with Gasteiger partial charge in [0.15, 0.2) is 0 Å². The summed E-state index contributed by atoms with van der Waals surface area (Å²) in [6.07, 6.45) is 4.70. The molecule has 0 aromatic heterocycles. The van der Waals surface area contributed by atoms with Crippen LogP contribution in [-0.4, -0.2) is 18.3 Å². The Hall–Kier alpha value is 0.0500. The number of nitrogens with one attached hydrogen (secondary N) is 1. The number of allylic oxidation sites excluding steroid dienone is 1. The van der Waals surface area contributed by atoms with Crippen molar-refractivity contribution in [1.82, 2.24) is 5.32 Å². The maximum Gasteiger partial charge on any atom is 0.0367 e. The van der Waals surface area contributed by atoms with Gasteiger partial charge in [-0.05, 0) is 26.8 Å². The van der Waals surface area contributed by atoms with Crippen LogP contribution >= 0.6 is 12.6 Å². The van der Waals surface area contributed by atoms with E-state index in [1.165, 1.54) is 18.4 Å². The minimum Gasteiger partial charge on any atom is -0.313 e. The molecule has 58 valence electrons. The molecule has 1 N–H and O–H groups in total. The number of rotatable bonds is 1. The summed E-state index contributed by atoms with van der Waals surface area (Å²) in [6.45, 7) is 2.18. The molecule has 1 rings (SSSR count). The van der Waals surface area contributed by atoms with Crippen LogP contribution in [0.15, 0.2) is 11.6 Å². The number of hydrogen-bond donors (Lipinski definition) is 2. The Kier molecular flexibility index (Phi) is 2.81. The topological polar surface area (TPSA) is 12.0 Å². The molecule has 1 nitrogen and oxygen atoms in total. The van der Waals surface area contributed by atoms with Crippen LogP contribution in [0.1, 0.15) is 19.8 Å². The average molecular weight is 157 g/mol. The van der Waals surface area contributed by atoms with E-state index < -0.39 is 0 Å². The largest absolute Gasteiger partial charge is 0.313 e. The molecule has 2 heteroatoms. The van der Waals surface area contributed by atoms with Crippen molar-refractivity contribution < 1.29 is 0 Å². The molecule has 0 aliphatic heterocycles. The molecule has 0 bridgehead atoms. The van der Waals surface area contributed by atoms with Gasteiger partial charge in [0.2, 0.25) is 0 Å². The van der Waals surface area contributed by atoms with Crippen molar-refractivity contribution in [3.63, 3.8) is 0 Å². The molecule has 0 aromatic carbocycles. The molecule has 0 saturated carbocycles. The SMILES string of the molecule is CNC1C=C(C)CCC1S. The van der Waals surface area contributed by atoms with Crippen molar-refractivity contribution in [1.29, 1.82) is 0 Å². The second-order valence-electron chi connectivity index (χ2n) is 2.93. The van der Waals surface area contributed by atoms with Gasteiger partial charge < -0.3 is 5.32 Å². The van der Waals surface area contributed by atoms with Gasteiger partial charge in [-0.15, -0.1) is 0 Å². The third-order valence-corrected chi connectivity index (χ3v) is 2.63. The highest BCUT2D eigenvalue weighted by molar-refractivity contribution is 7.81. The highest BCUT2D eigenvalue weighted by Gasteiger charge is 2.17. The van der Waals surface area contributed by atoms with Gasteiger partial charge in [-0.25, -0.2) is 0 Å². The van der Waals surface area contributed by atoms with Gasteiger partial charge >= 0.3 is 0 Å². The van der Waals surface area contributed by atoms with E-state index >= 15 is 0 Å². The molecule has 0 amide bonds. The normalized spacial score (nSPS) is 33.7. The molecule has 0 saturated heterocycles. The zero-order valence-corrected chi connectivity index (χ0v) is 7.49. The Morgan fingerprint density at radius 1 is 1.70 bits per heavy atom. The Bertz CT molecular complexity index is 142. The van der Waals surface area contributed by atoms with E-state index in [4.69, 9.17) is 0 Å². The monoisotopic (exact) mass is 157 g/mol. The maximum absolute atomic E-state index is 4.47. The lowest BCUT2D eigenvalue weighted by Gasteiger charge is -2.25. The van der Waals surface area contributed by atoms with Gasteiger partial charge in [-0.1, -0.05) is 11.6 Å². The lowest BCUT2D eigenvalue weighted by molar-refractivity contribution is 0.571. The number of hydrogen-bond acceptors (Lipinski definition) is 2. The van der Waals surface area contributed by atoms with Crippen LogP contribution in [0, 0.1) is 0 Å². The summed E-state index contributed by atoms with van der Waals surface area (Å²) in [6, 6.07) is 0.483. The van der Waals surface area contributed by atoms with Gasteiger partial charge in [-0.2, -0.15) is 12.6 Å². The summed E-state index contributed by atoms with van der Waals surface area (Å²) in [7, 11) is 1.99. The van der Waals surface area contributed by atoms with Crippen molar-refractivity contribution in [2.24, 2.45) is 0 Å².